The van der Waals surface area contributed by atoms with Gasteiger partial charge in [-0.25, -0.2) is 0 Å². The molecule has 0 aromatic heterocycles. The highest BCUT2D eigenvalue weighted by atomic mass is 35.5. The molecule has 0 unspecified atom stereocenters. The van der Waals surface area contributed by atoms with Crippen molar-refractivity contribution in [1.29, 1.82) is 0 Å². The molecule has 0 aliphatic carbocycles. The number of anilines is 2. The Labute approximate surface area is 174 Å². The van der Waals surface area contributed by atoms with Gasteiger partial charge in [-0.15, -0.1) is 0 Å². The first-order valence-corrected chi connectivity index (χ1v) is 10.1. The van der Waals surface area contributed by atoms with Gasteiger partial charge in [0.2, 0.25) is 11.8 Å². The van der Waals surface area contributed by atoms with E-state index < -0.39 is 0 Å². The van der Waals surface area contributed by atoms with Gasteiger partial charge < -0.3 is 16.0 Å². The van der Waals surface area contributed by atoms with Crippen molar-refractivity contribution in [2.45, 2.75) is 25.7 Å². The molecule has 1 aliphatic rings. The largest absolute Gasteiger partial charge is 0.370 e. The molecule has 3 N–H and O–H groups in total. The normalized spacial score (nSPS) is 14.7. The first kappa shape index (κ1) is 20.5. The Balaban J connectivity index is 1.61. The predicted octanol–water partition coefficient (Wildman–Crippen LogP) is 4.27. The number of para-hydroxylation sites is 2. The summed E-state index contributed by atoms with van der Waals surface area (Å²) in [5.41, 5.74) is 8.04. The molecule has 2 aromatic carbocycles. The van der Waals surface area contributed by atoms with Crippen LogP contribution in [0.2, 0.25) is 10.0 Å². The summed E-state index contributed by atoms with van der Waals surface area (Å²) in [6, 6.07) is 13.0. The number of nitrogens with zero attached hydrogens (tertiary/aromatic N) is 1. The van der Waals surface area contributed by atoms with Gasteiger partial charge in [0.15, 0.2) is 0 Å². The summed E-state index contributed by atoms with van der Waals surface area (Å²) in [7, 11) is 0. The summed E-state index contributed by atoms with van der Waals surface area (Å²) in [4.78, 5) is 26.0. The summed E-state index contributed by atoms with van der Waals surface area (Å²) >= 11 is 12.1. The van der Waals surface area contributed by atoms with E-state index in [0.717, 1.165) is 42.9 Å². The molecule has 0 spiro atoms. The highest BCUT2D eigenvalue weighted by molar-refractivity contribution is 6.35. The van der Waals surface area contributed by atoms with E-state index in [4.69, 9.17) is 28.9 Å². The number of nitrogens with one attached hydrogen (secondary N) is 1. The molecule has 1 fully saturated rings. The second kappa shape index (κ2) is 9.30. The molecule has 0 radical (unpaired) electrons. The molecular formula is C21H23Cl2N3O2. The third-order valence-corrected chi connectivity index (χ3v) is 5.64. The van der Waals surface area contributed by atoms with Crippen molar-refractivity contribution in [3.63, 3.8) is 0 Å². The van der Waals surface area contributed by atoms with Crippen molar-refractivity contribution < 1.29 is 9.59 Å². The van der Waals surface area contributed by atoms with Gasteiger partial charge in [-0.05, 0) is 49.1 Å². The van der Waals surface area contributed by atoms with Crippen molar-refractivity contribution in [2.75, 3.05) is 23.3 Å². The zero-order valence-corrected chi connectivity index (χ0v) is 17.0. The zero-order valence-electron chi connectivity index (χ0n) is 15.5. The van der Waals surface area contributed by atoms with Gasteiger partial charge >= 0.3 is 0 Å². The fourth-order valence-electron chi connectivity index (χ4n) is 3.45. The third-order valence-electron chi connectivity index (χ3n) is 5.05. The average Bonchev–Trinajstić information content (AvgIpc) is 2.68. The van der Waals surface area contributed by atoms with E-state index in [1.165, 1.54) is 0 Å². The summed E-state index contributed by atoms with van der Waals surface area (Å²) < 4.78 is 0. The number of carbonyl (C=O) groups excluding carboxylic acids is 2. The molecule has 0 bridgehead atoms. The Morgan fingerprint density at radius 1 is 1.11 bits per heavy atom. The number of nitrogens with two attached hydrogens (primary N) is 1. The van der Waals surface area contributed by atoms with Crippen molar-refractivity contribution in [2.24, 2.45) is 11.7 Å². The van der Waals surface area contributed by atoms with Crippen LogP contribution in [0, 0.1) is 5.92 Å². The molecule has 28 heavy (non-hydrogen) atoms. The Morgan fingerprint density at radius 2 is 1.82 bits per heavy atom. The topological polar surface area (TPSA) is 75.4 Å². The molecule has 2 aromatic rings. The van der Waals surface area contributed by atoms with Gasteiger partial charge in [0, 0.05) is 35.5 Å². The SMILES string of the molecule is NC(=O)C1CCN(c2ccccc2NC(=O)CCc2ccc(Cl)cc2Cl)CC1. The Kier molecular flexibility index (Phi) is 6.81. The smallest absolute Gasteiger partial charge is 0.224 e. The second-order valence-electron chi connectivity index (χ2n) is 6.96. The molecular weight excluding hydrogens is 397 g/mol. The van der Waals surface area contributed by atoms with E-state index in [0.29, 0.717) is 22.9 Å². The van der Waals surface area contributed by atoms with Crippen LogP contribution in [0.1, 0.15) is 24.8 Å². The molecule has 3 rings (SSSR count). The number of hydrogen-bond donors (Lipinski definition) is 2. The van der Waals surface area contributed by atoms with Crippen LogP contribution in [0.4, 0.5) is 11.4 Å². The Hall–Kier alpha value is -2.24. The monoisotopic (exact) mass is 419 g/mol. The molecule has 148 valence electrons. The first-order chi connectivity index (χ1) is 13.4. The van der Waals surface area contributed by atoms with Gasteiger partial charge in [0.1, 0.15) is 0 Å². The van der Waals surface area contributed by atoms with Crippen molar-refractivity contribution in [3.8, 4) is 0 Å². The molecule has 7 heteroatoms. The lowest BCUT2D eigenvalue weighted by Crippen LogP contribution is -2.38. The lowest BCUT2D eigenvalue weighted by Gasteiger charge is -2.33. The summed E-state index contributed by atoms with van der Waals surface area (Å²) in [6.07, 6.45) is 2.31. The van der Waals surface area contributed by atoms with E-state index in [1.807, 2.05) is 30.3 Å². The van der Waals surface area contributed by atoms with Crippen LogP contribution in [0.15, 0.2) is 42.5 Å². The average molecular weight is 420 g/mol. The maximum Gasteiger partial charge on any atom is 0.224 e. The number of amides is 2. The lowest BCUT2D eigenvalue weighted by molar-refractivity contribution is -0.122. The van der Waals surface area contributed by atoms with Gasteiger partial charge in [-0.3, -0.25) is 9.59 Å². The zero-order chi connectivity index (χ0) is 20.1. The second-order valence-corrected chi connectivity index (χ2v) is 7.81. The number of hydrogen-bond acceptors (Lipinski definition) is 3. The van der Waals surface area contributed by atoms with Crippen LogP contribution in [-0.2, 0) is 16.0 Å². The van der Waals surface area contributed by atoms with E-state index in [-0.39, 0.29) is 17.7 Å². The first-order valence-electron chi connectivity index (χ1n) is 9.31. The quantitative estimate of drug-likeness (QED) is 0.733. The molecule has 0 saturated carbocycles. The number of rotatable bonds is 6. The van der Waals surface area contributed by atoms with E-state index in [2.05, 4.69) is 10.2 Å². The van der Waals surface area contributed by atoms with Crippen LogP contribution >= 0.6 is 23.2 Å². The van der Waals surface area contributed by atoms with Crippen LogP contribution in [-0.4, -0.2) is 24.9 Å². The molecule has 1 heterocycles. The molecule has 1 saturated heterocycles. The van der Waals surface area contributed by atoms with Crippen LogP contribution in [0.5, 0.6) is 0 Å². The third kappa shape index (κ3) is 5.18. The minimum Gasteiger partial charge on any atom is -0.370 e. The van der Waals surface area contributed by atoms with E-state index in [1.54, 1.807) is 12.1 Å². The van der Waals surface area contributed by atoms with Crippen LogP contribution in [0.25, 0.3) is 0 Å². The van der Waals surface area contributed by atoms with Gasteiger partial charge in [-0.2, -0.15) is 0 Å². The van der Waals surface area contributed by atoms with Gasteiger partial charge in [-0.1, -0.05) is 41.4 Å². The highest BCUT2D eigenvalue weighted by Crippen LogP contribution is 2.30. The Bertz CT molecular complexity index is 864. The molecule has 5 nitrogen and oxygen atoms in total. The number of halogens is 2. The maximum atomic E-state index is 12.5. The summed E-state index contributed by atoms with van der Waals surface area (Å²) in [5, 5.41) is 4.15. The highest BCUT2D eigenvalue weighted by Gasteiger charge is 2.24. The minimum atomic E-state index is -0.234. The number of benzene rings is 2. The predicted molar refractivity (Wildman–Crippen MR) is 114 cm³/mol. The Morgan fingerprint density at radius 3 is 2.50 bits per heavy atom. The van der Waals surface area contributed by atoms with E-state index in [9.17, 15) is 9.59 Å². The molecule has 0 atom stereocenters. The fourth-order valence-corrected chi connectivity index (χ4v) is 3.95. The number of carbonyl (C=O) groups is 2. The molecule has 2 amide bonds. The van der Waals surface area contributed by atoms with Crippen LogP contribution < -0.4 is 16.0 Å². The van der Waals surface area contributed by atoms with Gasteiger partial charge in [0.25, 0.3) is 0 Å². The number of primary amides is 1. The van der Waals surface area contributed by atoms with E-state index >= 15 is 0 Å². The molecule has 1 aliphatic heterocycles. The lowest BCUT2D eigenvalue weighted by atomic mass is 9.96. The maximum absolute atomic E-state index is 12.5. The van der Waals surface area contributed by atoms with Crippen LogP contribution in [0.3, 0.4) is 0 Å². The van der Waals surface area contributed by atoms with Crippen molar-refractivity contribution >= 4 is 46.4 Å². The fraction of sp³-hybridized carbons (Fsp3) is 0.333. The summed E-state index contributed by atoms with van der Waals surface area (Å²) in [5.74, 6) is -0.380. The van der Waals surface area contributed by atoms with Gasteiger partial charge in [0.05, 0.1) is 11.4 Å². The number of aryl methyl sites for hydroxylation is 1. The van der Waals surface area contributed by atoms with Crippen molar-refractivity contribution in [1.82, 2.24) is 0 Å². The standard InChI is InChI=1S/C21H23Cl2N3O2/c22-16-7-5-14(17(23)13-16)6-8-20(27)25-18-3-1-2-4-19(18)26-11-9-15(10-12-26)21(24)28/h1-5,7,13,15H,6,8-12H2,(H2,24,28)(H,25,27). The minimum absolute atomic E-state index is 0.0675. The van der Waals surface area contributed by atoms with Crippen molar-refractivity contribution in [3.05, 3.63) is 58.1 Å². The number of piperidine rings is 1. The summed E-state index contributed by atoms with van der Waals surface area (Å²) in [6.45, 7) is 1.47.